The van der Waals surface area contributed by atoms with E-state index >= 15 is 0 Å². The lowest BCUT2D eigenvalue weighted by atomic mass is 10.1. The molecule has 0 saturated heterocycles. The number of nitrogens with zero attached hydrogens (tertiary/aromatic N) is 1. The first-order valence-electron chi connectivity index (χ1n) is 13.9. The maximum absolute atomic E-state index is 13.7. The Kier molecular flexibility index (Phi) is 10.9. The third-order valence-corrected chi connectivity index (χ3v) is 8.36. The molecule has 1 saturated carbocycles. The van der Waals surface area contributed by atoms with Crippen molar-refractivity contribution in [3.63, 3.8) is 0 Å². The van der Waals surface area contributed by atoms with Crippen LogP contribution >= 0.6 is 11.3 Å². The zero-order chi connectivity index (χ0) is 27.6. The van der Waals surface area contributed by atoms with Crippen LogP contribution in [0.5, 0.6) is 5.75 Å². The Morgan fingerprint density at radius 2 is 1.79 bits per heavy atom. The Morgan fingerprint density at radius 1 is 1.00 bits per heavy atom. The molecule has 1 aliphatic carbocycles. The number of phenols is 1. The summed E-state index contributed by atoms with van der Waals surface area (Å²) >= 11 is 1.08. The van der Waals surface area contributed by atoms with Crippen molar-refractivity contribution in [2.75, 3.05) is 32.7 Å². The number of aromatic hydroxyl groups is 1. The number of aromatic nitrogens is 1. The summed E-state index contributed by atoms with van der Waals surface area (Å²) in [6, 6.07) is 7.75. The van der Waals surface area contributed by atoms with Crippen molar-refractivity contribution >= 4 is 27.5 Å². The lowest BCUT2D eigenvalue weighted by Crippen LogP contribution is -2.40. The summed E-state index contributed by atoms with van der Waals surface area (Å²) in [5.41, 5.74) is 2.08. The molecule has 1 aromatic heterocycles. The van der Waals surface area contributed by atoms with Gasteiger partial charge in [0.05, 0.1) is 4.70 Å². The normalized spacial score (nSPS) is 14.5. The number of halogens is 2. The number of hydrogen-bond donors (Lipinski definition) is 4. The molecule has 7 nitrogen and oxygen atoms in total. The maximum atomic E-state index is 13.7. The van der Waals surface area contributed by atoms with Gasteiger partial charge in [0.1, 0.15) is 11.3 Å². The Hall–Kier alpha value is -2.82. The van der Waals surface area contributed by atoms with Crippen molar-refractivity contribution in [3.05, 3.63) is 62.8 Å². The summed E-state index contributed by atoms with van der Waals surface area (Å²) in [5.74, 6) is -1.66. The highest BCUT2D eigenvalue weighted by Gasteiger charge is 2.16. The van der Waals surface area contributed by atoms with Crippen LogP contribution < -0.4 is 15.5 Å². The van der Waals surface area contributed by atoms with Gasteiger partial charge in [0.25, 0.3) is 0 Å². The monoisotopic (exact) mass is 560 g/mol. The SMILES string of the molecule is O=C(CCNC1CCCCCC1)N(CCNCCc1ccc(O)c2[nH]c(=O)sc12)CCc1ccc(F)c(F)c1. The highest BCUT2D eigenvalue weighted by Crippen LogP contribution is 2.27. The third kappa shape index (κ3) is 8.58. The number of amides is 1. The van der Waals surface area contributed by atoms with Gasteiger partial charge >= 0.3 is 4.87 Å². The largest absolute Gasteiger partial charge is 0.506 e. The van der Waals surface area contributed by atoms with Gasteiger partial charge in [0.2, 0.25) is 5.91 Å². The van der Waals surface area contributed by atoms with E-state index in [0.717, 1.165) is 40.5 Å². The Balaban J connectivity index is 1.28. The van der Waals surface area contributed by atoms with Gasteiger partial charge in [0, 0.05) is 38.6 Å². The van der Waals surface area contributed by atoms with Gasteiger partial charge in [-0.3, -0.25) is 9.59 Å². The summed E-state index contributed by atoms with van der Waals surface area (Å²) in [7, 11) is 0. The number of phenolic OH excluding ortho intramolecular Hbond substituents is 1. The molecule has 1 heterocycles. The van der Waals surface area contributed by atoms with E-state index in [0.29, 0.717) is 69.1 Å². The number of thiazole rings is 1. The Morgan fingerprint density at radius 3 is 2.56 bits per heavy atom. The second-order valence-electron chi connectivity index (χ2n) is 10.2. The predicted octanol–water partition coefficient (Wildman–Crippen LogP) is 4.48. The first-order valence-corrected chi connectivity index (χ1v) is 14.7. The van der Waals surface area contributed by atoms with E-state index in [2.05, 4.69) is 15.6 Å². The molecule has 0 unspecified atom stereocenters. The minimum Gasteiger partial charge on any atom is -0.506 e. The van der Waals surface area contributed by atoms with E-state index in [4.69, 9.17) is 0 Å². The summed E-state index contributed by atoms with van der Waals surface area (Å²) < 4.78 is 27.8. The van der Waals surface area contributed by atoms with Crippen molar-refractivity contribution in [2.24, 2.45) is 0 Å². The molecular weight excluding hydrogens is 522 g/mol. The van der Waals surface area contributed by atoms with Crippen LogP contribution in [0.3, 0.4) is 0 Å². The highest BCUT2D eigenvalue weighted by atomic mass is 32.1. The van der Waals surface area contributed by atoms with Crippen molar-refractivity contribution in [2.45, 2.75) is 63.8 Å². The van der Waals surface area contributed by atoms with Crippen LogP contribution in [-0.4, -0.2) is 59.7 Å². The van der Waals surface area contributed by atoms with Crippen LogP contribution in [0.15, 0.2) is 35.1 Å². The molecule has 0 aliphatic heterocycles. The summed E-state index contributed by atoms with van der Waals surface area (Å²) in [6.07, 6.45) is 8.85. The average Bonchev–Trinajstić information content (AvgIpc) is 3.14. The molecule has 1 amide bonds. The molecule has 4 N–H and O–H groups in total. The standard InChI is InChI=1S/C29H38F2N4O3S/c30-23-9-7-20(19-24(23)31)13-17-35(26(37)12-15-33-22-5-3-1-2-4-6-22)18-16-32-14-11-21-8-10-25(36)27-28(21)39-29(38)34-27/h7-10,19,22,32-33,36H,1-6,11-18H2,(H,34,38). The third-order valence-electron chi connectivity index (χ3n) is 7.40. The second-order valence-corrected chi connectivity index (χ2v) is 11.2. The molecule has 3 aromatic rings. The fraction of sp³-hybridized carbons (Fsp3) is 0.517. The number of rotatable bonds is 13. The number of carbonyl (C=O) groups is 1. The first-order chi connectivity index (χ1) is 18.9. The minimum atomic E-state index is -0.879. The molecule has 0 spiro atoms. The smallest absolute Gasteiger partial charge is 0.305 e. The summed E-state index contributed by atoms with van der Waals surface area (Å²) in [4.78, 5) is 29.1. The van der Waals surface area contributed by atoms with Crippen molar-refractivity contribution in [3.8, 4) is 5.75 Å². The van der Waals surface area contributed by atoms with Crippen LogP contribution in [0.2, 0.25) is 0 Å². The molecule has 0 atom stereocenters. The second kappa shape index (κ2) is 14.5. The van der Waals surface area contributed by atoms with E-state index in [9.17, 15) is 23.5 Å². The highest BCUT2D eigenvalue weighted by molar-refractivity contribution is 7.16. The Labute approximate surface area is 231 Å². The number of hydrogen-bond acceptors (Lipinski definition) is 6. The molecule has 0 radical (unpaired) electrons. The fourth-order valence-electron chi connectivity index (χ4n) is 5.18. The average molecular weight is 561 g/mol. The van der Waals surface area contributed by atoms with Crippen molar-refractivity contribution < 1.29 is 18.7 Å². The first kappa shape index (κ1) is 29.2. The number of carbonyl (C=O) groups excluding carboxylic acids is 1. The van der Waals surface area contributed by atoms with Crippen LogP contribution in [0.25, 0.3) is 10.2 Å². The Bertz CT molecular complexity index is 1290. The molecule has 1 aliphatic rings. The molecule has 2 aromatic carbocycles. The van der Waals surface area contributed by atoms with E-state index in [1.807, 2.05) is 6.07 Å². The van der Waals surface area contributed by atoms with Crippen LogP contribution in [0.4, 0.5) is 8.78 Å². The van der Waals surface area contributed by atoms with Gasteiger partial charge < -0.3 is 25.6 Å². The van der Waals surface area contributed by atoms with Gasteiger partial charge in [-0.1, -0.05) is 49.2 Å². The van der Waals surface area contributed by atoms with Crippen molar-refractivity contribution in [1.82, 2.24) is 20.5 Å². The van der Waals surface area contributed by atoms with Crippen molar-refractivity contribution in [1.29, 1.82) is 0 Å². The molecule has 212 valence electrons. The topological polar surface area (TPSA) is 97.5 Å². The van der Waals surface area contributed by atoms with Gasteiger partial charge in [-0.2, -0.15) is 0 Å². The minimum absolute atomic E-state index is 0.0397. The van der Waals surface area contributed by atoms with Gasteiger partial charge in [-0.15, -0.1) is 0 Å². The lowest BCUT2D eigenvalue weighted by molar-refractivity contribution is -0.131. The molecule has 39 heavy (non-hydrogen) atoms. The van der Waals surface area contributed by atoms with E-state index < -0.39 is 11.6 Å². The fourth-order valence-corrected chi connectivity index (χ4v) is 6.07. The number of fused-ring (bicyclic) bond motifs is 1. The van der Waals surface area contributed by atoms with Crippen LogP contribution in [0, 0.1) is 11.6 Å². The lowest BCUT2D eigenvalue weighted by Gasteiger charge is -2.24. The summed E-state index contributed by atoms with van der Waals surface area (Å²) in [5, 5.41) is 16.9. The molecule has 1 fully saturated rings. The number of H-pyrrole nitrogens is 1. The molecular formula is C29H38F2N4O3S. The molecule has 4 rings (SSSR count). The van der Waals surface area contributed by atoms with Crippen LogP contribution in [0.1, 0.15) is 56.1 Å². The number of nitrogens with one attached hydrogen (secondary N) is 3. The van der Waals surface area contributed by atoms with E-state index in [-0.39, 0.29) is 16.5 Å². The predicted molar refractivity (Wildman–Crippen MR) is 151 cm³/mol. The number of aromatic amines is 1. The zero-order valence-corrected chi connectivity index (χ0v) is 23.1. The summed E-state index contributed by atoms with van der Waals surface area (Å²) in [6.45, 7) is 2.76. The van der Waals surface area contributed by atoms with Gasteiger partial charge in [-0.25, -0.2) is 8.78 Å². The van der Waals surface area contributed by atoms with Crippen LogP contribution in [-0.2, 0) is 17.6 Å². The van der Waals surface area contributed by atoms with E-state index in [1.165, 1.54) is 31.7 Å². The maximum Gasteiger partial charge on any atom is 0.305 e. The van der Waals surface area contributed by atoms with Gasteiger partial charge in [-0.05, 0) is 61.6 Å². The molecule has 10 heteroatoms. The molecule has 0 bridgehead atoms. The number of benzene rings is 2. The zero-order valence-electron chi connectivity index (χ0n) is 22.2. The van der Waals surface area contributed by atoms with E-state index in [1.54, 1.807) is 17.0 Å². The quantitative estimate of drug-likeness (QED) is 0.183. The van der Waals surface area contributed by atoms with Gasteiger partial charge in [0.15, 0.2) is 11.6 Å².